The predicted molar refractivity (Wildman–Crippen MR) is 98.6 cm³/mol. The monoisotopic (exact) mass is 381 g/mol. The van der Waals surface area contributed by atoms with Crippen molar-refractivity contribution < 1.29 is 4.79 Å². The van der Waals surface area contributed by atoms with E-state index in [1.54, 1.807) is 40.9 Å². The molecule has 0 radical (unpaired) electrons. The number of carbonyl (C=O) groups is 1. The molecule has 3 aromatic rings. The van der Waals surface area contributed by atoms with Gasteiger partial charge in [-0.05, 0) is 36.8 Å². The number of rotatable bonds is 4. The van der Waals surface area contributed by atoms with E-state index in [0.717, 1.165) is 12.1 Å². The van der Waals surface area contributed by atoms with E-state index < -0.39 is 0 Å². The fourth-order valence-electron chi connectivity index (χ4n) is 2.48. The molecule has 0 saturated heterocycles. The Kier molecular flexibility index (Phi) is 4.99. The Morgan fingerprint density at radius 2 is 1.96 bits per heavy atom. The van der Waals surface area contributed by atoms with Gasteiger partial charge >= 0.3 is 0 Å². The highest BCUT2D eigenvalue weighted by molar-refractivity contribution is 6.42. The van der Waals surface area contributed by atoms with Crippen LogP contribution >= 0.6 is 34.8 Å². The zero-order chi connectivity index (χ0) is 17.3. The smallest absolute Gasteiger partial charge is 0.274 e. The zero-order valence-electron chi connectivity index (χ0n) is 12.8. The van der Waals surface area contributed by atoms with Gasteiger partial charge in [0.25, 0.3) is 5.91 Å². The van der Waals surface area contributed by atoms with E-state index in [-0.39, 0.29) is 5.91 Å². The normalized spacial score (nSPS) is 11.0. The number of fused-ring (bicyclic) bond motifs is 1. The molecule has 0 fully saturated rings. The number of anilines is 1. The van der Waals surface area contributed by atoms with Gasteiger partial charge in [-0.2, -0.15) is 0 Å². The summed E-state index contributed by atoms with van der Waals surface area (Å²) in [7, 11) is 0. The summed E-state index contributed by atoms with van der Waals surface area (Å²) in [5.41, 5.74) is 2.45. The third kappa shape index (κ3) is 3.36. The summed E-state index contributed by atoms with van der Waals surface area (Å²) in [4.78, 5) is 17.3. The van der Waals surface area contributed by atoms with Gasteiger partial charge in [0.1, 0.15) is 11.3 Å². The van der Waals surface area contributed by atoms with Gasteiger partial charge in [0, 0.05) is 11.9 Å². The molecule has 2 heterocycles. The minimum atomic E-state index is -0.272. The van der Waals surface area contributed by atoms with E-state index in [9.17, 15) is 4.79 Å². The molecule has 0 aliphatic heterocycles. The Morgan fingerprint density at radius 1 is 1.17 bits per heavy atom. The van der Waals surface area contributed by atoms with Crippen LogP contribution in [0.15, 0.2) is 36.5 Å². The molecule has 0 atom stereocenters. The third-order valence-electron chi connectivity index (χ3n) is 3.53. The van der Waals surface area contributed by atoms with Gasteiger partial charge in [-0.25, -0.2) is 4.98 Å². The van der Waals surface area contributed by atoms with Crippen LogP contribution in [0.3, 0.4) is 0 Å². The van der Waals surface area contributed by atoms with E-state index in [2.05, 4.69) is 10.3 Å². The van der Waals surface area contributed by atoms with Crippen molar-refractivity contribution in [2.45, 2.75) is 19.8 Å². The molecule has 1 N–H and O–H groups in total. The van der Waals surface area contributed by atoms with Crippen LogP contribution in [0.1, 0.15) is 29.5 Å². The number of carbonyl (C=O) groups excluding carboxylic acids is 1. The quantitative estimate of drug-likeness (QED) is 0.647. The molecule has 24 heavy (non-hydrogen) atoms. The summed E-state index contributed by atoms with van der Waals surface area (Å²) < 4.78 is 1.71. The number of amides is 1. The van der Waals surface area contributed by atoms with Crippen LogP contribution in [-0.4, -0.2) is 15.3 Å². The van der Waals surface area contributed by atoms with Gasteiger partial charge in [-0.3, -0.25) is 9.20 Å². The number of nitrogens with zero attached hydrogens (tertiary/aromatic N) is 2. The maximum Gasteiger partial charge on any atom is 0.274 e. The SMILES string of the molecule is CCCc1nc2ccc(Cl)cn2c1C(=O)Nc1ccc(Cl)c(Cl)c1. The zero-order valence-corrected chi connectivity index (χ0v) is 15.1. The molecule has 4 nitrogen and oxygen atoms in total. The van der Waals surface area contributed by atoms with E-state index in [1.165, 1.54) is 0 Å². The molecule has 1 aromatic carbocycles. The van der Waals surface area contributed by atoms with Crippen LogP contribution in [0.25, 0.3) is 5.65 Å². The molecule has 0 aliphatic rings. The predicted octanol–water partition coefficient (Wildman–Crippen LogP) is 5.50. The Balaban J connectivity index is 2.02. The highest BCUT2D eigenvalue weighted by Crippen LogP contribution is 2.26. The number of benzene rings is 1. The third-order valence-corrected chi connectivity index (χ3v) is 4.50. The van der Waals surface area contributed by atoms with E-state index in [4.69, 9.17) is 34.8 Å². The van der Waals surface area contributed by atoms with Gasteiger partial charge in [-0.15, -0.1) is 0 Å². The summed E-state index contributed by atoms with van der Waals surface area (Å²) in [6, 6.07) is 8.48. The molecule has 0 saturated carbocycles. The molecule has 0 aliphatic carbocycles. The second-order valence-corrected chi connectivity index (χ2v) is 6.57. The van der Waals surface area contributed by atoms with Crippen molar-refractivity contribution in [1.82, 2.24) is 9.38 Å². The van der Waals surface area contributed by atoms with Crippen molar-refractivity contribution in [1.29, 1.82) is 0 Å². The van der Waals surface area contributed by atoms with Crippen LogP contribution in [0.5, 0.6) is 0 Å². The first-order chi connectivity index (χ1) is 11.5. The highest BCUT2D eigenvalue weighted by atomic mass is 35.5. The number of aromatic nitrogens is 2. The maximum atomic E-state index is 12.8. The molecule has 0 bridgehead atoms. The standard InChI is InChI=1S/C17H14Cl3N3O/c1-2-3-14-16(23-9-10(18)4-7-15(23)22-14)17(24)21-11-5-6-12(19)13(20)8-11/h4-9H,2-3H2,1H3,(H,21,24). The Bertz CT molecular complexity index is 921. The van der Waals surface area contributed by atoms with E-state index in [1.807, 2.05) is 6.92 Å². The van der Waals surface area contributed by atoms with Gasteiger partial charge in [-0.1, -0.05) is 48.1 Å². The van der Waals surface area contributed by atoms with Crippen LogP contribution in [0.2, 0.25) is 15.1 Å². The highest BCUT2D eigenvalue weighted by Gasteiger charge is 2.19. The van der Waals surface area contributed by atoms with Gasteiger partial charge < -0.3 is 5.32 Å². The Hall–Kier alpha value is -1.75. The first kappa shape index (κ1) is 17.1. The van der Waals surface area contributed by atoms with Crippen molar-refractivity contribution in [3.8, 4) is 0 Å². The second-order valence-electron chi connectivity index (χ2n) is 5.32. The number of pyridine rings is 1. The lowest BCUT2D eigenvalue weighted by Crippen LogP contribution is -2.16. The lowest BCUT2D eigenvalue weighted by molar-refractivity contribution is 0.102. The Morgan fingerprint density at radius 3 is 2.67 bits per heavy atom. The molecule has 124 valence electrons. The van der Waals surface area contributed by atoms with Gasteiger partial charge in [0.15, 0.2) is 0 Å². The minimum Gasteiger partial charge on any atom is -0.321 e. The van der Waals surface area contributed by atoms with Crippen LogP contribution in [0.4, 0.5) is 5.69 Å². The van der Waals surface area contributed by atoms with Crippen LogP contribution < -0.4 is 5.32 Å². The summed E-state index contributed by atoms with van der Waals surface area (Å²) in [6.07, 6.45) is 3.26. The lowest BCUT2D eigenvalue weighted by atomic mass is 10.2. The summed E-state index contributed by atoms with van der Waals surface area (Å²) in [5, 5.41) is 4.18. The number of halogens is 3. The molecule has 0 spiro atoms. The number of imidazole rings is 1. The first-order valence-corrected chi connectivity index (χ1v) is 8.56. The summed E-state index contributed by atoms with van der Waals surface area (Å²) >= 11 is 18.0. The van der Waals surface area contributed by atoms with Crippen LogP contribution in [0, 0.1) is 0 Å². The summed E-state index contributed by atoms with van der Waals surface area (Å²) in [6.45, 7) is 2.04. The lowest BCUT2D eigenvalue weighted by Gasteiger charge is -2.08. The van der Waals surface area contributed by atoms with Crippen LogP contribution in [-0.2, 0) is 6.42 Å². The average Bonchev–Trinajstić information content (AvgIpc) is 2.88. The molecular weight excluding hydrogens is 369 g/mol. The number of nitrogens with one attached hydrogen (secondary N) is 1. The van der Waals surface area contributed by atoms with Gasteiger partial charge in [0.05, 0.1) is 20.8 Å². The van der Waals surface area contributed by atoms with Gasteiger partial charge in [0.2, 0.25) is 0 Å². The molecule has 7 heteroatoms. The van der Waals surface area contributed by atoms with Crippen molar-refractivity contribution in [3.63, 3.8) is 0 Å². The molecule has 1 amide bonds. The molecular formula is C17H14Cl3N3O. The maximum absolute atomic E-state index is 12.8. The number of hydrogen-bond donors (Lipinski definition) is 1. The molecule has 2 aromatic heterocycles. The fraction of sp³-hybridized carbons (Fsp3) is 0.176. The number of aryl methyl sites for hydroxylation is 1. The molecule has 0 unspecified atom stereocenters. The van der Waals surface area contributed by atoms with E-state index in [0.29, 0.717) is 38.5 Å². The average molecular weight is 383 g/mol. The summed E-state index contributed by atoms with van der Waals surface area (Å²) in [5.74, 6) is -0.272. The molecule has 3 rings (SSSR count). The topological polar surface area (TPSA) is 46.4 Å². The Labute approximate surface area is 154 Å². The van der Waals surface area contributed by atoms with Crippen molar-refractivity contribution in [3.05, 3.63) is 63.0 Å². The van der Waals surface area contributed by atoms with Crippen molar-refractivity contribution in [2.24, 2.45) is 0 Å². The first-order valence-electron chi connectivity index (χ1n) is 7.42. The van der Waals surface area contributed by atoms with E-state index >= 15 is 0 Å². The minimum absolute atomic E-state index is 0.272. The number of hydrogen-bond acceptors (Lipinski definition) is 2. The van der Waals surface area contributed by atoms with Crippen molar-refractivity contribution >= 4 is 52.0 Å². The fourth-order valence-corrected chi connectivity index (χ4v) is 2.94. The second kappa shape index (κ2) is 7.01. The van der Waals surface area contributed by atoms with Crippen molar-refractivity contribution in [2.75, 3.05) is 5.32 Å². The largest absolute Gasteiger partial charge is 0.321 e.